The SMILES string of the molecule is CCC(N)Cc1c(C)nn(CCSC(F)(F)F)c1C. The highest BCUT2D eigenvalue weighted by Crippen LogP contribution is 2.30. The van der Waals surface area contributed by atoms with E-state index in [2.05, 4.69) is 5.10 Å². The van der Waals surface area contributed by atoms with Crippen LogP contribution in [-0.2, 0) is 13.0 Å². The molecule has 0 saturated carbocycles. The molecule has 7 heteroatoms. The zero-order valence-corrected chi connectivity index (χ0v) is 12.2. The highest BCUT2D eigenvalue weighted by molar-refractivity contribution is 8.00. The molecule has 0 aromatic carbocycles. The summed E-state index contributed by atoms with van der Waals surface area (Å²) in [5.41, 5.74) is 4.58. The summed E-state index contributed by atoms with van der Waals surface area (Å²) in [6.45, 7) is 6.03. The minimum atomic E-state index is -4.18. The smallest absolute Gasteiger partial charge is 0.327 e. The summed E-state index contributed by atoms with van der Waals surface area (Å²) in [6, 6.07) is 0.0691. The van der Waals surface area contributed by atoms with E-state index in [9.17, 15) is 13.2 Å². The molecular formula is C12H20F3N3S. The normalized spacial score (nSPS) is 13.8. The van der Waals surface area contributed by atoms with Gasteiger partial charge in [-0.05, 0) is 44.0 Å². The van der Waals surface area contributed by atoms with Gasteiger partial charge in [-0.25, -0.2) is 0 Å². The molecule has 0 aliphatic carbocycles. The van der Waals surface area contributed by atoms with E-state index in [1.165, 1.54) is 0 Å². The molecule has 2 N–H and O–H groups in total. The number of aromatic nitrogens is 2. The van der Waals surface area contributed by atoms with Crippen LogP contribution < -0.4 is 5.73 Å². The molecule has 0 spiro atoms. The Hall–Kier alpha value is -0.690. The number of alkyl halides is 3. The molecule has 0 amide bonds. The number of halogens is 3. The van der Waals surface area contributed by atoms with E-state index in [1.54, 1.807) is 4.68 Å². The summed E-state index contributed by atoms with van der Waals surface area (Å²) in [5.74, 6) is -0.0231. The Labute approximate surface area is 115 Å². The maximum Gasteiger partial charge on any atom is 0.441 e. The number of aryl methyl sites for hydroxylation is 2. The van der Waals surface area contributed by atoms with Crippen molar-refractivity contribution in [3.63, 3.8) is 0 Å². The lowest BCUT2D eigenvalue weighted by molar-refractivity contribution is -0.0328. The molecule has 1 aromatic heterocycles. The van der Waals surface area contributed by atoms with Gasteiger partial charge in [-0.1, -0.05) is 6.92 Å². The maximum atomic E-state index is 12.1. The van der Waals surface area contributed by atoms with Crippen molar-refractivity contribution in [2.24, 2.45) is 5.73 Å². The number of hydrogen-bond donors (Lipinski definition) is 1. The first-order valence-electron chi connectivity index (χ1n) is 6.23. The average molecular weight is 295 g/mol. The summed E-state index contributed by atoms with van der Waals surface area (Å²) >= 11 is -0.0149. The Bertz CT molecular complexity index is 415. The molecule has 0 aliphatic heterocycles. The van der Waals surface area contributed by atoms with Gasteiger partial charge >= 0.3 is 5.51 Å². The largest absolute Gasteiger partial charge is 0.441 e. The predicted molar refractivity (Wildman–Crippen MR) is 72.2 cm³/mol. The lowest BCUT2D eigenvalue weighted by Gasteiger charge is -2.10. The van der Waals surface area contributed by atoms with Gasteiger partial charge in [0.2, 0.25) is 0 Å². The Morgan fingerprint density at radius 1 is 1.37 bits per heavy atom. The van der Waals surface area contributed by atoms with Crippen molar-refractivity contribution in [3.8, 4) is 0 Å². The van der Waals surface area contributed by atoms with Gasteiger partial charge in [0.25, 0.3) is 0 Å². The van der Waals surface area contributed by atoms with Crippen molar-refractivity contribution in [1.82, 2.24) is 9.78 Å². The zero-order chi connectivity index (χ0) is 14.6. The minimum absolute atomic E-state index is 0.0149. The first-order valence-corrected chi connectivity index (χ1v) is 7.22. The zero-order valence-electron chi connectivity index (χ0n) is 11.4. The summed E-state index contributed by atoms with van der Waals surface area (Å²) in [7, 11) is 0. The van der Waals surface area contributed by atoms with Crippen LogP contribution in [0.2, 0.25) is 0 Å². The van der Waals surface area contributed by atoms with E-state index in [-0.39, 0.29) is 30.1 Å². The Balaban J connectivity index is 2.68. The first kappa shape index (κ1) is 16.4. The van der Waals surface area contributed by atoms with Crippen molar-refractivity contribution in [1.29, 1.82) is 0 Å². The average Bonchev–Trinajstić information content (AvgIpc) is 2.55. The second-order valence-corrected chi connectivity index (χ2v) is 5.70. The predicted octanol–water partition coefficient (Wildman–Crippen LogP) is 3.03. The molecule has 0 fully saturated rings. The fraction of sp³-hybridized carbons (Fsp3) is 0.750. The van der Waals surface area contributed by atoms with Crippen LogP contribution in [0.4, 0.5) is 13.2 Å². The van der Waals surface area contributed by atoms with Gasteiger partial charge in [0.1, 0.15) is 0 Å². The highest BCUT2D eigenvalue weighted by Gasteiger charge is 2.27. The number of thioether (sulfide) groups is 1. The molecule has 1 aromatic rings. The molecule has 1 unspecified atom stereocenters. The first-order chi connectivity index (χ1) is 8.74. The van der Waals surface area contributed by atoms with Crippen LogP contribution in [0.5, 0.6) is 0 Å². The Morgan fingerprint density at radius 3 is 2.53 bits per heavy atom. The summed E-state index contributed by atoms with van der Waals surface area (Å²) in [4.78, 5) is 0. The van der Waals surface area contributed by atoms with Gasteiger partial charge in [-0.2, -0.15) is 18.3 Å². The number of nitrogens with zero attached hydrogens (tertiary/aromatic N) is 2. The molecule has 0 radical (unpaired) electrons. The van der Waals surface area contributed by atoms with E-state index >= 15 is 0 Å². The van der Waals surface area contributed by atoms with Crippen molar-refractivity contribution >= 4 is 11.8 Å². The fourth-order valence-corrected chi connectivity index (χ4v) is 2.40. The van der Waals surface area contributed by atoms with E-state index in [0.29, 0.717) is 0 Å². The quantitative estimate of drug-likeness (QED) is 0.877. The van der Waals surface area contributed by atoms with E-state index in [0.717, 1.165) is 29.8 Å². The van der Waals surface area contributed by atoms with Crippen LogP contribution in [0.1, 0.15) is 30.3 Å². The number of nitrogens with two attached hydrogens (primary N) is 1. The molecule has 19 heavy (non-hydrogen) atoms. The maximum absolute atomic E-state index is 12.1. The third-order valence-corrected chi connectivity index (χ3v) is 3.80. The summed E-state index contributed by atoms with van der Waals surface area (Å²) < 4.78 is 37.9. The van der Waals surface area contributed by atoms with Crippen LogP contribution in [-0.4, -0.2) is 27.1 Å². The lowest BCUT2D eigenvalue weighted by atomic mass is 10.0. The minimum Gasteiger partial charge on any atom is -0.327 e. The molecular weight excluding hydrogens is 275 g/mol. The summed E-state index contributed by atoms with van der Waals surface area (Å²) in [5, 5.41) is 4.30. The second-order valence-electron chi connectivity index (χ2n) is 4.54. The Kier molecular flexibility index (Phi) is 5.73. The van der Waals surface area contributed by atoms with E-state index in [1.807, 2.05) is 20.8 Å². The van der Waals surface area contributed by atoms with Crippen LogP contribution >= 0.6 is 11.8 Å². The molecule has 1 heterocycles. The van der Waals surface area contributed by atoms with Crippen LogP contribution in [0.15, 0.2) is 0 Å². The van der Waals surface area contributed by atoms with Crippen LogP contribution in [0, 0.1) is 13.8 Å². The number of hydrogen-bond acceptors (Lipinski definition) is 3. The van der Waals surface area contributed by atoms with Gasteiger partial charge in [-0.15, -0.1) is 0 Å². The molecule has 1 atom stereocenters. The van der Waals surface area contributed by atoms with E-state index < -0.39 is 5.51 Å². The summed E-state index contributed by atoms with van der Waals surface area (Å²) in [6.07, 6.45) is 1.59. The molecule has 0 aliphatic rings. The van der Waals surface area contributed by atoms with Crippen molar-refractivity contribution in [2.75, 3.05) is 5.75 Å². The van der Waals surface area contributed by atoms with Crippen molar-refractivity contribution < 1.29 is 13.2 Å². The van der Waals surface area contributed by atoms with Crippen LogP contribution in [0.3, 0.4) is 0 Å². The fourth-order valence-electron chi connectivity index (χ4n) is 1.90. The highest BCUT2D eigenvalue weighted by atomic mass is 32.2. The second kappa shape index (κ2) is 6.65. The Morgan fingerprint density at radius 2 is 2.00 bits per heavy atom. The lowest BCUT2D eigenvalue weighted by Crippen LogP contribution is -2.22. The van der Waals surface area contributed by atoms with Gasteiger partial charge in [0.05, 0.1) is 12.2 Å². The van der Waals surface area contributed by atoms with Crippen molar-refractivity contribution in [2.45, 2.75) is 51.7 Å². The van der Waals surface area contributed by atoms with Gasteiger partial charge in [0.15, 0.2) is 0 Å². The number of rotatable bonds is 6. The molecule has 0 saturated heterocycles. The van der Waals surface area contributed by atoms with Crippen molar-refractivity contribution in [3.05, 3.63) is 17.0 Å². The topological polar surface area (TPSA) is 43.8 Å². The standard InChI is InChI=1S/C12H20F3N3S/c1-4-10(16)7-11-8(2)17-18(9(11)3)5-6-19-12(13,14)15/h10H,4-7,16H2,1-3H3. The monoisotopic (exact) mass is 295 g/mol. The third-order valence-electron chi connectivity index (χ3n) is 3.09. The van der Waals surface area contributed by atoms with E-state index in [4.69, 9.17) is 5.73 Å². The molecule has 3 nitrogen and oxygen atoms in total. The molecule has 1 rings (SSSR count). The van der Waals surface area contributed by atoms with Gasteiger partial charge in [-0.3, -0.25) is 4.68 Å². The van der Waals surface area contributed by atoms with Gasteiger partial charge < -0.3 is 5.73 Å². The molecule has 110 valence electrons. The van der Waals surface area contributed by atoms with Gasteiger partial charge in [0, 0.05) is 17.5 Å². The third kappa shape index (κ3) is 5.06. The molecule has 0 bridgehead atoms. The van der Waals surface area contributed by atoms with Crippen LogP contribution in [0.25, 0.3) is 0 Å².